The molecule has 6 nitrogen and oxygen atoms in total. The molecule has 1 aliphatic rings. The molecule has 1 fully saturated rings. The van der Waals surface area contributed by atoms with Crippen molar-refractivity contribution in [1.29, 1.82) is 0 Å². The Kier molecular flexibility index (Phi) is 2.84. The minimum atomic E-state index is -0.116. The molecule has 0 amide bonds. The molecule has 2 N–H and O–H groups in total. The number of hydrogen-bond acceptors (Lipinski definition) is 6. The summed E-state index contributed by atoms with van der Waals surface area (Å²) in [4.78, 5) is 0.841. The summed E-state index contributed by atoms with van der Waals surface area (Å²) in [5, 5.41) is 14.1. The maximum absolute atomic E-state index is 5.79. The minimum absolute atomic E-state index is 0.116. The molecule has 0 saturated carbocycles. The Morgan fingerprint density at radius 1 is 1.50 bits per heavy atom. The maximum Gasteiger partial charge on any atom is 0.234 e. The predicted molar refractivity (Wildman–Crippen MR) is 68.9 cm³/mol. The first kappa shape index (κ1) is 12.0. The number of hydrogen-bond donors (Lipinski definition) is 1. The minimum Gasteiger partial charge on any atom is -0.381 e. The summed E-state index contributed by atoms with van der Waals surface area (Å²) in [7, 11) is 0. The second kappa shape index (κ2) is 4.25. The first-order valence-corrected chi connectivity index (χ1v) is 6.94. The average molecular weight is 267 g/mol. The predicted octanol–water partition coefficient (Wildman–Crippen LogP) is 0.926. The number of nitrogens with zero attached hydrogens (tertiary/aromatic N) is 4. The number of nitrogens with two attached hydrogens (primary N) is 1. The van der Waals surface area contributed by atoms with Gasteiger partial charge < -0.3 is 10.5 Å². The molecule has 1 saturated heterocycles. The quantitative estimate of drug-likeness (QED) is 0.895. The highest BCUT2D eigenvalue weighted by Crippen LogP contribution is 2.29. The molecule has 3 rings (SSSR count). The van der Waals surface area contributed by atoms with Crippen molar-refractivity contribution >= 4 is 16.3 Å². The van der Waals surface area contributed by atoms with Crippen LogP contribution in [0, 0.1) is 0 Å². The fraction of sp³-hybridized carbons (Fsp3) is 0.727. The lowest BCUT2D eigenvalue weighted by atomic mass is 9.95. The van der Waals surface area contributed by atoms with Crippen LogP contribution in [0.25, 0.3) is 4.96 Å². The lowest BCUT2D eigenvalue weighted by Crippen LogP contribution is -2.28. The summed E-state index contributed by atoms with van der Waals surface area (Å²) in [6.07, 6.45) is 0.994. The molecule has 0 bridgehead atoms. The fourth-order valence-electron chi connectivity index (χ4n) is 1.99. The van der Waals surface area contributed by atoms with E-state index in [2.05, 4.69) is 29.1 Å². The average Bonchev–Trinajstić information content (AvgIpc) is 3.03. The van der Waals surface area contributed by atoms with E-state index in [0.717, 1.165) is 28.8 Å². The Hall–Kier alpha value is -1.05. The van der Waals surface area contributed by atoms with Crippen LogP contribution in [0.15, 0.2) is 0 Å². The first-order chi connectivity index (χ1) is 8.62. The zero-order valence-corrected chi connectivity index (χ0v) is 11.4. The summed E-state index contributed by atoms with van der Waals surface area (Å²) in [5.41, 5.74) is 5.67. The Morgan fingerprint density at radius 3 is 3.00 bits per heavy atom. The van der Waals surface area contributed by atoms with Crippen LogP contribution < -0.4 is 5.73 Å². The summed E-state index contributed by atoms with van der Waals surface area (Å²) in [6, 6.07) is 0. The van der Waals surface area contributed by atoms with Gasteiger partial charge in [-0.15, -0.1) is 10.2 Å². The summed E-state index contributed by atoms with van der Waals surface area (Å²) >= 11 is 1.57. The third kappa shape index (κ3) is 1.82. The van der Waals surface area contributed by atoms with Gasteiger partial charge in [-0.25, -0.2) is 0 Å². The van der Waals surface area contributed by atoms with Crippen LogP contribution in [0.3, 0.4) is 0 Å². The molecule has 98 valence electrons. The molecule has 2 aromatic heterocycles. The number of aromatic nitrogens is 4. The molecule has 3 heterocycles. The van der Waals surface area contributed by atoms with Crippen LogP contribution in [0.2, 0.25) is 0 Å². The van der Waals surface area contributed by atoms with E-state index in [0.29, 0.717) is 19.1 Å². The molecule has 0 radical (unpaired) electrons. The number of fused-ring (bicyclic) bond motifs is 1. The molecular weight excluding hydrogens is 250 g/mol. The van der Waals surface area contributed by atoms with Gasteiger partial charge in [0.25, 0.3) is 0 Å². The third-order valence-electron chi connectivity index (χ3n) is 3.40. The van der Waals surface area contributed by atoms with E-state index in [1.807, 2.05) is 4.52 Å². The van der Waals surface area contributed by atoms with Gasteiger partial charge in [-0.1, -0.05) is 25.2 Å². The van der Waals surface area contributed by atoms with Crippen molar-refractivity contribution in [3.8, 4) is 0 Å². The van der Waals surface area contributed by atoms with Crippen LogP contribution >= 0.6 is 11.3 Å². The van der Waals surface area contributed by atoms with Gasteiger partial charge in [0, 0.05) is 24.5 Å². The molecule has 7 heteroatoms. The summed E-state index contributed by atoms with van der Waals surface area (Å²) < 4.78 is 7.26. The highest BCUT2D eigenvalue weighted by atomic mass is 32.1. The van der Waals surface area contributed by atoms with Crippen LogP contribution in [-0.2, 0) is 10.2 Å². The Balaban J connectivity index is 2.02. The molecule has 0 aliphatic carbocycles. The van der Waals surface area contributed by atoms with E-state index < -0.39 is 0 Å². The van der Waals surface area contributed by atoms with E-state index in [4.69, 9.17) is 10.5 Å². The van der Waals surface area contributed by atoms with E-state index in [1.165, 1.54) is 0 Å². The zero-order valence-electron chi connectivity index (χ0n) is 10.6. The lowest BCUT2D eigenvalue weighted by Gasteiger charge is -2.17. The monoisotopic (exact) mass is 267 g/mol. The van der Waals surface area contributed by atoms with E-state index in [-0.39, 0.29) is 5.41 Å². The molecule has 2 aromatic rings. The van der Waals surface area contributed by atoms with Crippen molar-refractivity contribution in [2.75, 3.05) is 19.8 Å². The Morgan fingerprint density at radius 2 is 2.33 bits per heavy atom. The second-order valence-electron chi connectivity index (χ2n) is 5.31. The molecule has 1 unspecified atom stereocenters. The largest absolute Gasteiger partial charge is 0.381 e. The first-order valence-electron chi connectivity index (χ1n) is 6.12. The van der Waals surface area contributed by atoms with E-state index in [1.54, 1.807) is 11.3 Å². The van der Waals surface area contributed by atoms with Crippen LogP contribution in [0.4, 0.5) is 0 Å². The standard InChI is InChI=1S/C11H17N5OS/c1-11(2,6-12)9-15-16-8(7-3-4-17-5-7)13-14-10(16)18-9/h7H,3-6,12H2,1-2H3. The van der Waals surface area contributed by atoms with Gasteiger partial charge in [-0.3, -0.25) is 0 Å². The van der Waals surface area contributed by atoms with E-state index in [9.17, 15) is 0 Å². The van der Waals surface area contributed by atoms with Crippen molar-refractivity contribution in [3.63, 3.8) is 0 Å². The summed E-state index contributed by atoms with van der Waals surface area (Å²) in [5.74, 6) is 1.23. The van der Waals surface area contributed by atoms with Crippen molar-refractivity contribution in [3.05, 3.63) is 10.8 Å². The molecule has 1 aliphatic heterocycles. The molecule has 0 spiro atoms. The zero-order chi connectivity index (χ0) is 12.8. The third-order valence-corrected chi connectivity index (χ3v) is 4.66. The van der Waals surface area contributed by atoms with Crippen LogP contribution in [0.5, 0.6) is 0 Å². The molecule has 0 aromatic carbocycles. The Bertz CT molecular complexity index is 555. The topological polar surface area (TPSA) is 78.3 Å². The van der Waals surface area contributed by atoms with Gasteiger partial charge in [0.15, 0.2) is 5.82 Å². The normalized spacial score (nSPS) is 20.9. The maximum atomic E-state index is 5.79. The lowest BCUT2D eigenvalue weighted by molar-refractivity contribution is 0.193. The molecule has 18 heavy (non-hydrogen) atoms. The van der Waals surface area contributed by atoms with Crippen LogP contribution in [-0.4, -0.2) is 39.6 Å². The van der Waals surface area contributed by atoms with Gasteiger partial charge in [0.1, 0.15) is 5.01 Å². The van der Waals surface area contributed by atoms with Crippen molar-refractivity contribution in [2.24, 2.45) is 5.73 Å². The van der Waals surface area contributed by atoms with Gasteiger partial charge in [0.2, 0.25) is 4.96 Å². The van der Waals surface area contributed by atoms with Crippen LogP contribution in [0.1, 0.15) is 37.0 Å². The second-order valence-corrected chi connectivity index (χ2v) is 6.26. The number of ether oxygens (including phenoxy) is 1. The number of rotatable bonds is 3. The van der Waals surface area contributed by atoms with Gasteiger partial charge in [0.05, 0.1) is 6.61 Å². The van der Waals surface area contributed by atoms with Crippen molar-refractivity contribution in [2.45, 2.75) is 31.6 Å². The van der Waals surface area contributed by atoms with Gasteiger partial charge in [-0.2, -0.15) is 9.61 Å². The van der Waals surface area contributed by atoms with E-state index >= 15 is 0 Å². The fourth-order valence-corrected chi connectivity index (χ4v) is 2.94. The highest BCUT2D eigenvalue weighted by molar-refractivity contribution is 7.16. The SMILES string of the molecule is CC(C)(CN)c1nn2c(C3CCOC3)nnc2s1. The smallest absolute Gasteiger partial charge is 0.234 e. The van der Waals surface area contributed by atoms with Gasteiger partial charge in [-0.05, 0) is 6.42 Å². The summed E-state index contributed by atoms with van der Waals surface area (Å²) in [6.45, 7) is 6.27. The van der Waals surface area contributed by atoms with Gasteiger partial charge >= 0.3 is 0 Å². The van der Waals surface area contributed by atoms with Crippen molar-refractivity contribution < 1.29 is 4.74 Å². The van der Waals surface area contributed by atoms with Crippen molar-refractivity contribution in [1.82, 2.24) is 19.8 Å². The molecule has 1 atom stereocenters. The Labute approximate surface area is 109 Å². The highest BCUT2D eigenvalue weighted by Gasteiger charge is 2.28. The molecular formula is C11H17N5OS.